The molecular weight excluding hydrogens is 194 g/mol. The zero-order valence-electron chi connectivity index (χ0n) is 9.45. The molecule has 0 bridgehead atoms. The summed E-state index contributed by atoms with van der Waals surface area (Å²) in [5, 5.41) is 3.55. The van der Waals surface area contributed by atoms with E-state index in [4.69, 9.17) is 6.42 Å². The predicted molar refractivity (Wildman–Crippen MR) is 66.1 cm³/mol. The second-order valence-corrected chi connectivity index (χ2v) is 4.90. The van der Waals surface area contributed by atoms with Crippen molar-refractivity contribution >= 4 is 0 Å². The van der Waals surface area contributed by atoms with Gasteiger partial charge in [-0.2, -0.15) is 0 Å². The van der Waals surface area contributed by atoms with Crippen LogP contribution in [0.1, 0.15) is 42.3 Å². The van der Waals surface area contributed by atoms with Gasteiger partial charge in [0.05, 0.1) is 0 Å². The first-order chi connectivity index (χ1) is 7.90. The molecule has 82 valence electrons. The second kappa shape index (κ2) is 3.96. The molecule has 2 unspecified atom stereocenters. The normalized spacial score (nSPS) is 28.9. The molecule has 1 heteroatoms. The molecule has 1 saturated carbocycles. The van der Waals surface area contributed by atoms with E-state index in [0.717, 1.165) is 18.9 Å². The first-order valence-corrected chi connectivity index (χ1v) is 6.18. The van der Waals surface area contributed by atoms with E-state index in [-0.39, 0.29) is 0 Å². The molecule has 1 heterocycles. The van der Waals surface area contributed by atoms with Gasteiger partial charge in [0, 0.05) is 12.0 Å². The van der Waals surface area contributed by atoms with E-state index in [1.54, 1.807) is 0 Å². The van der Waals surface area contributed by atoms with Gasteiger partial charge in [-0.25, -0.2) is 0 Å². The summed E-state index contributed by atoms with van der Waals surface area (Å²) in [6.45, 7) is 1.05. The van der Waals surface area contributed by atoms with Gasteiger partial charge >= 0.3 is 0 Å². The highest BCUT2D eigenvalue weighted by Crippen LogP contribution is 2.44. The Balaban J connectivity index is 1.96. The molecule has 1 aromatic carbocycles. The third-order valence-corrected chi connectivity index (χ3v) is 3.78. The zero-order valence-corrected chi connectivity index (χ0v) is 9.45. The van der Waals surface area contributed by atoms with Crippen LogP contribution in [0.5, 0.6) is 0 Å². The van der Waals surface area contributed by atoms with E-state index >= 15 is 0 Å². The Hall–Kier alpha value is -1.26. The molecule has 0 amide bonds. The lowest BCUT2D eigenvalue weighted by atomic mass is 9.90. The largest absolute Gasteiger partial charge is 0.309 e. The molecular formula is C15H17N. The van der Waals surface area contributed by atoms with Crippen molar-refractivity contribution in [2.45, 2.75) is 31.2 Å². The van der Waals surface area contributed by atoms with E-state index in [0.29, 0.717) is 12.0 Å². The van der Waals surface area contributed by atoms with Crippen molar-refractivity contribution in [3.8, 4) is 12.3 Å². The molecule has 2 aliphatic rings. The minimum absolute atomic E-state index is 0.375. The molecule has 2 atom stereocenters. The molecule has 1 N–H and O–H groups in total. The molecule has 1 nitrogen and oxygen atoms in total. The summed E-state index contributed by atoms with van der Waals surface area (Å²) in [6.07, 6.45) is 9.43. The molecule has 3 rings (SSSR count). The fourth-order valence-corrected chi connectivity index (χ4v) is 2.77. The van der Waals surface area contributed by atoms with Crippen molar-refractivity contribution < 1.29 is 0 Å². The summed E-state index contributed by atoms with van der Waals surface area (Å²) in [7, 11) is 0. The predicted octanol–water partition coefficient (Wildman–Crippen LogP) is 2.85. The number of nitrogens with one attached hydrogen (secondary N) is 1. The number of rotatable bonds is 2. The minimum atomic E-state index is 0.375. The third-order valence-electron chi connectivity index (χ3n) is 3.78. The van der Waals surface area contributed by atoms with Crippen LogP contribution in [0.2, 0.25) is 0 Å². The van der Waals surface area contributed by atoms with Crippen LogP contribution in [0.3, 0.4) is 0 Å². The van der Waals surface area contributed by atoms with Gasteiger partial charge in [0.25, 0.3) is 0 Å². The maximum atomic E-state index is 5.61. The van der Waals surface area contributed by atoms with Gasteiger partial charge in [0.1, 0.15) is 0 Å². The Morgan fingerprint density at radius 1 is 1.12 bits per heavy atom. The summed E-state index contributed by atoms with van der Waals surface area (Å²) in [5.74, 6) is 4.11. The van der Waals surface area contributed by atoms with Gasteiger partial charge in [-0.1, -0.05) is 24.3 Å². The minimum Gasteiger partial charge on any atom is -0.309 e. The van der Waals surface area contributed by atoms with Crippen LogP contribution in [0.15, 0.2) is 24.3 Å². The first kappa shape index (κ1) is 9.93. The topological polar surface area (TPSA) is 12.0 Å². The summed E-state index contributed by atoms with van der Waals surface area (Å²) in [5.41, 5.74) is 2.98. The van der Waals surface area contributed by atoms with E-state index in [2.05, 4.69) is 35.5 Å². The Morgan fingerprint density at radius 3 is 2.56 bits per heavy atom. The Labute approximate surface area is 97.3 Å². The Morgan fingerprint density at radius 2 is 1.88 bits per heavy atom. The van der Waals surface area contributed by atoms with Crippen molar-refractivity contribution in [1.82, 2.24) is 5.32 Å². The van der Waals surface area contributed by atoms with Crippen LogP contribution < -0.4 is 5.32 Å². The lowest BCUT2D eigenvalue weighted by molar-refractivity contribution is 0.561. The number of hydrogen-bond acceptors (Lipinski definition) is 1. The van der Waals surface area contributed by atoms with Gasteiger partial charge in [-0.15, -0.1) is 12.3 Å². The van der Waals surface area contributed by atoms with Crippen LogP contribution in [0, 0.1) is 18.3 Å². The zero-order chi connectivity index (χ0) is 11.0. The van der Waals surface area contributed by atoms with Crippen LogP contribution in [0.4, 0.5) is 0 Å². The average molecular weight is 211 g/mol. The summed E-state index contributed by atoms with van der Waals surface area (Å²) >= 11 is 0. The molecule has 1 aliphatic heterocycles. The van der Waals surface area contributed by atoms with E-state index < -0.39 is 0 Å². The molecule has 2 fully saturated rings. The lowest BCUT2D eigenvalue weighted by Crippen LogP contribution is -2.18. The highest BCUT2D eigenvalue weighted by atomic mass is 14.9. The highest BCUT2D eigenvalue weighted by Gasteiger charge is 2.32. The Kier molecular flexibility index (Phi) is 2.46. The standard InChI is InChI=1S/C15H17N/c1-2-11-9-10-16-15(11)14-6-4-3-5-13(14)12-7-8-12/h1,3-6,11-12,15-16H,7-10H2. The molecule has 1 saturated heterocycles. The van der Waals surface area contributed by atoms with Crippen molar-refractivity contribution in [1.29, 1.82) is 0 Å². The number of terminal acetylenes is 1. The molecule has 1 aliphatic carbocycles. The third kappa shape index (κ3) is 1.64. The fraction of sp³-hybridized carbons (Fsp3) is 0.467. The van der Waals surface area contributed by atoms with Gasteiger partial charge in [-0.3, -0.25) is 0 Å². The van der Waals surface area contributed by atoms with Crippen molar-refractivity contribution in [2.24, 2.45) is 5.92 Å². The number of benzene rings is 1. The van der Waals surface area contributed by atoms with E-state index in [1.165, 1.54) is 24.0 Å². The molecule has 16 heavy (non-hydrogen) atoms. The Bertz CT molecular complexity index is 425. The fourth-order valence-electron chi connectivity index (χ4n) is 2.77. The number of hydrogen-bond donors (Lipinski definition) is 1. The van der Waals surface area contributed by atoms with Crippen molar-refractivity contribution in [3.63, 3.8) is 0 Å². The van der Waals surface area contributed by atoms with Crippen LogP contribution >= 0.6 is 0 Å². The molecule has 0 spiro atoms. The smallest absolute Gasteiger partial charge is 0.0462 e. The highest BCUT2D eigenvalue weighted by molar-refractivity contribution is 5.37. The summed E-state index contributed by atoms with van der Waals surface area (Å²) in [6, 6.07) is 9.20. The van der Waals surface area contributed by atoms with Crippen molar-refractivity contribution in [2.75, 3.05) is 6.54 Å². The molecule has 0 radical (unpaired) electrons. The van der Waals surface area contributed by atoms with Gasteiger partial charge in [0.15, 0.2) is 0 Å². The maximum Gasteiger partial charge on any atom is 0.0462 e. The van der Waals surface area contributed by atoms with E-state index in [1.807, 2.05) is 0 Å². The first-order valence-electron chi connectivity index (χ1n) is 6.18. The van der Waals surface area contributed by atoms with Gasteiger partial charge in [0.2, 0.25) is 0 Å². The molecule has 1 aromatic rings. The monoisotopic (exact) mass is 211 g/mol. The van der Waals surface area contributed by atoms with Crippen LogP contribution in [0.25, 0.3) is 0 Å². The van der Waals surface area contributed by atoms with Crippen LogP contribution in [-0.2, 0) is 0 Å². The van der Waals surface area contributed by atoms with Gasteiger partial charge < -0.3 is 5.32 Å². The lowest BCUT2D eigenvalue weighted by Gasteiger charge is -2.19. The maximum absolute atomic E-state index is 5.61. The van der Waals surface area contributed by atoms with Crippen LogP contribution in [-0.4, -0.2) is 6.54 Å². The van der Waals surface area contributed by atoms with E-state index in [9.17, 15) is 0 Å². The second-order valence-electron chi connectivity index (χ2n) is 4.90. The summed E-state index contributed by atoms with van der Waals surface area (Å²) in [4.78, 5) is 0. The average Bonchev–Trinajstić information content (AvgIpc) is 3.07. The quantitative estimate of drug-likeness (QED) is 0.742. The van der Waals surface area contributed by atoms with Crippen molar-refractivity contribution in [3.05, 3.63) is 35.4 Å². The van der Waals surface area contributed by atoms with Gasteiger partial charge in [-0.05, 0) is 42.9 Å². The SMILES string of the molecule is C#CC1CCNC1c1ccccc1C1CC1. The summed E-state index contributed by atoms with van der Waals surface area (Å²) < 4.78 is 0. The molecule has 0 aromatic heterocycles.